The lowest BCUT2D eigenvalue weighted by Crippen LogP contribution is -2.33. The SMILES string of the molecule is C[N+](C)(C)Cc1c#cccc1. The molecule has 0 heterocycles. The van der Waals surface area contributed by atoms with Crippen molar-refractivity contribution in [2.45, 2.75) is 6.54 Å². The molecule has 0 unspecified atom stereocenters. The zero-order valence-corrected chi connectivity index (χ0v) is 7.39. The quantitative estimate of drug-likeness (QED) is 0.557. The van der Waals surface area contributed by atoms with Gasteiger partial charge in [0.1, 0.15) is 6.54 Å². The topological polar surface area (TPSA) is 0 Å². The number of hydrogen-bond acceptors (Lipinski definition) is 0. The van der Waals surface area contributed by atoms with Crippen molar-refractivity contribution in [1.82, 2.24) is 0 Å². The summed E-state index contributed by atoms with van der Waals surface area (Å²) in [7, 11) is 6.50. The first kappa shape index (κ1) is 8.10. The predicted molar refractivity (Wildman–Crippen MR) is 45.9 cm³/mol. The van der Waals surface area contributed by atoms with Crippen LogP contribution in [-0.4, -0.2) is 25.6 Å². The molecule has 0 N–H and O–H groups in total. The number of rotatable bonds is 2. The van der Waals surface area contributed by atoms with Crippen LogP contribution in [0.1, 0.15) is 5.56 Å². The fraction of sp³-hybridized carbons (Fsp3) is 0.400. The Balaban J connectivity index is 2.66. The third-order valence-electron chi connectivity index (χ3n) is 1.35. The summed E-state index contributed by atoms with van der Waals surface area (Å²) in [6.07, 6.45) is 0. The van der Waals surface area contributed by atoms with Gasteiger partial charge in [0.2, 0.25) is 0 Å². The molecule has 1 aromatic rings. The predicted octanol–water partition coefficient (Wildman–Crippen LogP) is 1.49. The van der Waals surface area contributed by atoms with Crippen LogP contribution in [0.5, 0.6) is 0 Å². The van der Waals surface area contributed by atoms with Gasteiger partial charge in [0.15, 0.2) is 0 Å². The maximum Gasteiger partial charge on any atom is 0.112 e. The van der Waals surface area contributed by atoms with E-state index in [1.54, 1.807) is 0 Å². The first-order valence-corrected chi connectivity index (χ1v) is 3.76. The minimum Gasteiger partial charge on any atom is -0.327 e. The maximum absolute atomic E-state index is 3.08. The van der Waals surface area contributed by atoms with Crippen molar-refractivity contribution in [3.63, 3.8) is 0 Å². The lowest BCUT2D eigenvalue weighted by Gasteiger charge is -2.22. The van der Waals surface area contributed by atoms with Crippen molar-refractivity contribution in [3.05, 3.63) is 35.9 Å². The van der Waals surface area contributed by atoms with Gasteiger partial charge in [-0.25, -0.2) is 0 Å². The molecule has 11 heavy (non-hydrogen) atoms. The Labute approximate surface area is 68.9 Å². The molecule has 1 rings (SSSR count). The van der Waals surface area contributed by atoms with Crippen LogP contribution in [0.15, 0.2) is 18.2 Å². The van der Waals surface area contributed by atoms with E-state index in [4.69, 9.17) is 0 Å². The molecule has 0 saturated heterocycles. The smallest absolute Gasteiger partial charge is 0.112 e. The van der Waals surface area contributed by atoms with E-state index < -0.39 is 0 Å². The summed E-state index contributed by atoms with van der Waals surface area (Å²) >= 11 is 0. The van der Waals surface area contributed by atoms with Gasteiger partial charge in [0.05, 0.1) is 26.7 Å². The number of nitrogens with zero attached hydrogens (tertiary/aromatic N) is 1. The molecule has 0 bridgehead atoms. The summed E-state index contributed by atoms with van der Waals surface area (Å²) < 4.78 is 0.939. The lowest BCUT2D eigenvalue weighted by atomic mass is 10.2. The van der Waals surface area contributed by atoms with E-state index in [9.17, 15) is 0 Å². The molecule has 1 nitrogen and oxygen atoms in total. The molecule has 1 aromatic carbocycles. The average Bonchev–Trinajstić information content (AvgIpc) is 1.85. The van der Waals surface area contributed by atoms with Gasteiger partial charge in [-0.1, -0.05) is 18.2 Å². The first-order valence-electron chi connectivity index (χ1n) is 3.76. The molecule has 0 aliphatic rings. The molecule has 1 heteroatoms. The summed E-state index contributed by atoms with van der Waals surface area (Å²) in [5.41, 5.74) is 1.22. The van der Waals surface area contributed by atoms with E-state index in [-0.39, 0.29) is 0 Å². The summed E-state index contributed by atoms with van der Waals surface area (Å²) in [6.45, 7) is 1.01. The molecule has 0 aliphatic heterocycles. The Morgan fingerprint density at radius 1 is 1.36 bits per heavy atom. The summed E-state index contributed by atoms with van der Waals surface area (Å²) in [4.78, 5) is 0. The molecular formula is C10H14N+. The van der Waals surface area contributed by atoms with E-state index in [0.717, 1.165) is 11.0 Å². The van der Waals surface area contributed by atoms with Gasteiger partial charge >= 0.3 is 0 Å². The minimum absolute atomic E-state index is 0.939. The Morgan fingerprint density at radius 3 is 2.55 bits per heavy atom. The van der Waals surface area contributed by atoms with Crippen molar-refractivity contribution < 1.29 is 4.48 Å². The Bertz CT molecular complexity index is 208. The monoisotopic (exact) mass is 148 g/mol. The van der Waals surface area contributed by atoms with E-state index in [0.29, 0.717) is 0 Å². The van der Waals surface area contributed by atoms with Gasteiger partial charge in [-0.3, -0.25) is 0 Å². The van der Waals surface area contributed by atoms with Crippen LogP contribution in [0.2, 0.25) is 0 Å². The van der Waals surface area contributed by atoms with Crippen LogP contribution in [0.25, 0.3) is 0 Å². The second-order valence-corrected chi connectivity index (χ2v) is 3.77. The lowest BCUT2D eigenvalue weighted by molar-refractivity contribution is -0.884. The average molecular weight is 148 g/mol. The molecule has 0 amide bonds. The van der Waals surface area contributed by atoms with Crippen molar-refractivity contribution in [3.8, 4) is 0 Å². The normalized spacial score (nSPS) is 10.8. The fourth-order valence-corrected chi connectivity index (χ4v) is 0.992. The Hall–Kier alpha value is -1.00. The largest absolute Gasteiger partial charge is 0.327 e. The minimum atomic E-state index is 0.939. The molecule has 0 aromatic heterocycles. The summed E-state index contributed by atoms with van der Waals surface area (Å²) in [5.74, 6) is 0. The Kier molecular flexibility index (Phi) is 2.16. The first-order chi connectivity index (χ1) is 5.08. The van der Waals surface area contributed by atoms with E-state index in [2.05, 4.69) is 39.3 Å². The highest BCUT2D eigenvalue weighted by atomic mass is 15.3. The third-order valence-corrected chi connectivity index (χ3v) is 1.35. The number of hydrogen-bond donors (Lipinski definition) is 0. The van der Waals surface area contributed by atoms with E-state index >= 15 is 0 Å². The molecule has 0 fully saturated rings. The van der Waals surface area contributed by atoms with Crippen LogP contribution >= 0.6 is 0 Å². The van der Waals surface area contributed by atoms with Gasteiger partial charge in [0, 0.05) is 0 Å². The highest BCUT2D eigenvalue weighted by Crippen LogP contribution is 2.01. The molecule has 0 spiro atoms. The van der Waals surface area contributed by atoms with E-state index in [1.807, 2.05) is 12.1 Å². The highest BCUT2D eigenvalue weighted by Gasteiger charge is 2.06. The van der Waals surface area contributed by atoms with Crippen LogP contribution in [0.3, 0.4) is 0 Å². The zero-order valence-electron chi connectivity index (χ0n) is 7.39. The van der Waals surface area contributed by atoms with Gasteiger partial charge in [-0.05, 0) is 12.1 Å². The van der Waals surface area contributed by atoms with E-state index in [1.165, 1.54) is 5.56 Å². The van der Waals surface area contributed by atoms with Crippen LogP contribution in [0, 0.1) is 12.1 Å². The van der Waals surface area contributed by atoms with Gasteiger partial charge in [0.25, 0.3) is 0 Å². The molecule has 0 saturated carbocycles. The van der Waals surface area contributed by atoms with Gasteiger partial charge in [-0.2, -0.15) is 0 Å². The van der Waals surface area contributed by atoms with Gasteiger partial charge < -0.3 is 4.48 Å². The van der Waals surface area contributed by atoms with Crippen LogP contribution in [-0.2, 0) is 6.54 Å². The van der Waals surface area contributed by atoms with Gasteiger partial charge in [-0.15, -0.1) is 0 Å². The number of quaternary nitrogens is 1. The van der Waals surface area contributed by atoms with Crippen molar-refractivity contribution in [1.29, 1.82) is 0 Å². The maximum atomic E-state index is 3.08. The summed E-state index contributed by atoms with van der Waals surface area (Å²) in [6, 6.07) is 12.0. The molecule has 58 valence electrons. The molecule has 0 radical (unpaired) electrons. The third kappa shape index (κ3) is 3.06. The second-order valence-electron chi connectivity index (χ2n) is 3.77. The molecular weight excluding hydrogens is 134 g/mol. The fourth-order valence-electron chi connectivity index (χ4n) is 0.992. The van der Waals surface area contributed by atoms with Crippen molar-refractivity contribution >= 4 is 0 Å². The second kappa shape index (κ2) is 2.94. The zero-order chi connectivity index (χ0) is 8.32. The van der Waals surface area contributed by atoms with Crippen LogP contribution in [0.4, 0.5) is 0 Å². The molecule has 0 atom stereocenters. The molecule has 0 aliphatic carbocycles. The van der Waals surface area contributed by atoms with Crippen molar-refractivity contribution in [2.75, 3.05) is 21.1 Å². The Morgan fingerprint density at radius 2 is 2.09 bits per heavy atom. The standard InChI is InChI=1S/C10H14N/c1-11(2,3)9-10-7-5-4-6-8-10/h4-5,7H,9H2,1-3H3/q+1. The summed E-state index contributed by atoms with van der Waals surface area (Å²) in [5, 5.41) is 0. The van der Waals surface area contributed by atoms with Crippen LogP contribution < -0.4 is 0 Å². The highest BCUT2D eigenvalue weighted by molar-refractivity contribution is 5.05. The van der Waals surface area contributed by atoms with Crippen molar-refractivity contribution in [2.24, 2.45) is 0 Å².